The predicted octanol–water partition coefficient (Wildman–Crippen LogP) is 2.21. The molecule has 1 rings (SSSR count). The van der Waals surface area contributed by atoms with Crippen LogP contribution in [-0.2, 0) is 4.74 Å². The minimum atomic E-state index is -0.332. The van der Waals surface area contributed by atoms with Crippen LogP contribution in [0.5, 0.6) is 0 Å². The summed E-state index contributed by atoms with van der Waals surface area (Å²) in [4.78, 5) is 0. The Morgan fingerprint density at radius 3 is 2.46 bits per heavy atom. The van der Waals surface area contributed by atoms with E-state index in [-0.39, 0.29) is 11.7 Å². The minimum absolute atomic E-state index is 0.286. The molecule has 2 unspecified atom stereocenters. The van der Waals surface area contributed by atoms with E-state index in [0.29, 0.717) is 5.92 Å². The van der Waals surface area contributed by atoms with E-state index < -0.39 is 0 Å². The van der Waals surface area contributed by atoms with Crippen molar-refractivity contribution in [3.05, 3.63) is 0 Å². The first-order chi connectivity index (χ1) is 5.93. The molecule has 0 saturated carbocycles. The van der Waals surface area contributed by atoms with Gasteiger partial charge >= 0.3 is 0 Å². The van der Waals surface area contributed by atoms with Crippen molar-refractivity contribution in [3.63, 3.8) is 0 Å². The highest BCUT2D eigenvalue weighted by atomic mass is 16.5. The Kier molecular flexibility index (Phi) is 3.36. The van der Waals surface area contributed by atoms with Gasteiger partial charge in [-0.25, -0.2) is 0 Å². The molecule has 0 amide bonds. The molecule has 0 spiro atoms. The van der Waals surface area contributed by atoms with Crippen LogP contribution in [0.15, 0.2) is 0 Å². The molecule has 1 heterocycles. The van der Waals surface area contributed by atoms with E-state index in [2.05, 4.69) is 13.8 Å². The molecule has 0 aromatic carbocycles. The number of aliphatic hydroxyl groups is 1. The van der Waals surface area contributed by atoms with Gasteiger partial charge < -0.3 is 9.84 Å². The van der Waals surface area contributed by atoms with E-state index >= 15 is 0 Å². The molecule has 2 nitrogen and oxygen atoms in total. The zero-order chi connectivity index (χ0) is 10.1. The van der Waals surface area contributed by atoms with Gasteiger partial charge in [-0.05, 0) is 26.2 Å². The van der Waals surface area contributed by atoms with Gasteiger partial charge in [-0.3, -0.25) is 0 Å². The van der Waals surface area contributed by atoms with Crippen LogP contribution >= 0.6 is 0 Å². The van der Waals surface area contributed by atoms with E-state index in [0.717, 1.165) is 18.9 Å². The summed E-state index contributed by atoms with van der Waals surface area (Å²) in [7, 11) is 0. The maximum absolute atomic E-state index is 9.90. The minimum Gasteiger partial charge on any atom is -0.390 e. The van der Waals surface area contributed by atoms with Crippen molar-refractivity contribution < 1.29 is 9.84 Å². The fourth-order valence-corrected chi connectivity index (χ4v) is 1.85. The summed E-state index contributed by atoms with van der Waals surface area (Å²) in [5.74, 6) is 1.06. The first kappa shape index (κ1) is 11.0. The van der Waals surface area contributed by atoms with Crippen molar-refractivity contribution in [2.24, 2.45) is 11.8 Å². The first-order valence-electron chi connectivity index (χ1n) is 5.25. The second-order valence-corrected chi connectivity index (χ2v) is 5.09. The lowest BCUT2D eigenvalue weighted by molar-refractivity contribution is -0.0315. The molecular weight excluding hydrogens is 164 g/mol. The Hall–Kier alpha value is -0.0800. The number of rotatable bonds is 3. The molecule has 0 radical (unpaired) electrons. The molecule has 1 N–H and O–H groups in total. The second-order valence-electron chi connectivity index (χ2n) is 5.09. The third-order valence-electron chi connectivity index (χ3n) is 2.94. The third kappa shape index (κ3) is 2.68. The standard InChI is InChI=1S/C11H22O2/c1-8(2)5-6-9-7-13-11(3,4)10(9)12/h8-10,12H,5-7H2,1-4H3. The zero-order valence-corrected chi connectivity index (χ0v) is 9.21. The highest BCUT2D eigenvalue weighted by molar-refractivity contribution is 4.90. The Bertz CT molecular complexity index is 163. The van der Waals surface area contributed by atoms with Crippen molar-refractivity contribution in [1.29, 1.82) is 0 Å². The molecule has 0 bridgehead atoms. The molecule has 0 aliphatic carbocycles. The first-order valence-corrected chi connectivity index (χ1v) is 5.25. The van der Waals surface area contributed by atoms with Gasteiger partial charge in [0.1, 0.15) is 0 Å². The highest BCUT2D eigenvalue weighted by Gasteiger charge is 2.41. The summed E-state index contributed by atoms with van der Waals surface area (Å²) in [5, 5.41) is 9.90. The van der Waals surface area contributed by atoms with Gasteiger partial charge in [0.05, 0.1) is 18.3 Å². The van der Waals surface area contributed by atoms with Crippen LogP contribution in [0.1, 0.15) is 40.5 Å². The lowest BCUT2D eigenvalue weighted by Gasteiger charge is -2.23. The summed E-state index contributed by atoms with van der Waals surface area (Å²) < 4.78 is 5.55. The number of aliphatic hydroxyl groups excluding tert-OH is 1. The Morgan fingerprint density at radius 1 is 1.46 bits per heavy atom. The topological polar surface area (TPSA) is 29.5 Å². The Morgan fingerprint density at radius 2 is 2.08 bits per heavy atom. The molecule has 13 heavy (non-hydrogen) atoms. The second kappa shape index (κ2) is 3.97. The van der Waals surface area contributed by atoms with Gasteiger partial charge in [0.2, 0.25) is 0 Å². The van der Waals surface area contributed by atoms with Crippen LogP contribution in [0.25, 0.3) is 0 Å². The molecule has 1 aliphatic rings. The summed E-state index contributed by atoms with van der Waals surface area (Å²) >= 11 is 0. The molecule has 1 fully saturated rings. The van der Waals surface area contributed by atoms with E-state index in [1.165, 1.54) is 6.42 Å². The van der Waals surface area contributed by atoms with Crippen molar-refractivity contribution >= 4 is 0 Å². The normalized spacial score (nSPS) is 32.8. The van der Waals surface area contributed by atoms with Gasteiger partial charge in [0.15, 0.2) is 0 Å². The molecule has 1 saturated heterocycles. The van der Waals surface area contributed by atoms with Crippen LogP contribution in [0.4, 0.5) is 0 Å². The number of hydrogen-bond donors (Lipinski definition) is 1. The van der Waals surface area contributed by atoms with E-state index in [1.807, 2.05) is 13.8 Å². The fraction of sp³-hybridized carbons (Fsp3) is 1.00. The average molecular weight is 186 g/mol. The van der Waals surface area contributed by atoms with Gasteiger partial charge in [0, 0.05) is 5.92 Å². The maximum atomic E-state index is 9.90. The molecule has 2 heteroatoms. The lowest BCUT2D eigenvalue weighted by Crippen LogP contribution is -2.35. The molecule has 2 atom stereocenters. The quantitative estimate of drug-likeness (QED) is 0.732. The Labute approximate surface area is 81.3 Å². The van der Waals surface area contributed by atoms with Crippen molar-refractivity contribution in [3.8, 4) is 0 Å². The number of hydrogen-bond acceptors (Lipinski definition) is 2. The average Bonchev–Trinajstić information content (AvgIpc) is 2.25. The van der Waals surface area contributed by atoms with E-state index in [1.54, 1.807) is 0 Å². The van der Waals surface area contributed by atoms with Crippen LogP contribution in [0, 0.1) is 11.8 Å². The highest BCUT2D eigenvalue weighted by Crippen LogP contribution is 2.32. The van der Waals surface area contributed by atoms with Crippen LogP contribution < -0.4 is 0 Å². The van der Waals surface area contributed by atoms with Crippen LogP contribution in [0.2, 0.25) is 0 Å². The van der Waals surface area contributed by atoms with Crippen molar-refractivity contribution in [2.45, 2.75) is 52.2 Å². The van der Waals surface area contributed by atoms with Gasteiger partial charge in [-0.1, -0.05) is 20.3 Å². The van der Waals surface area contributed by atoms with Crippen LogP contribution in [0.3, 0.4) is 0 Å². The third-order valence-corrected chi connectivity index (χ3v) is 2.94. The van der Waals surface area contributed by atoms with E-state index in [4.69, 9.17) is 4.74 Å². The number of ether oxygens (including phenoxy) is 1. The molecular formula is C11H22O2. The van der Waals surface area contributed by atoms with Crippen molar-refractivity contribution in [1.82, 2.24) is 0 Å². The molecule has 78 valence electrons. The predicted molar refractivity (Wildman–Crippen MR) is 53.6 cm³/mol. The summed E-state index contributed by atoms with van der Waals surface area (Å²) in [6.07, 6.45) is 1.98. The SMILES string of the molecule is CC(C)CCC1COC(C)(C)C1O. The largest absolute Gasteiger partial charge is 0.390 e. The monoisotopic (exact) mass is 186 g/mol. The summed E-state index contributed by atoms with van der Waals surface area (Å²) in [6, 6.07) is 0. The zero-order valence-electron chi connectivity index (χ0n) is 9.21. The lowest BCUT2D eigenvalue weighted by atomic mass is 9.89. The fourth-order valence-electron chi connectivity index (χ4n) is 1.85. The van der Waals surface area contributed by atoms with E-state index in [9.17, 15) is 5.11 Å². The molecule has 1 aliphatic heterocycles. The summed E-state index contributed by atoms with van der Waals surface area (Å²) in [5.41, 5.74) is -0.332. The Balaban J connectivity index is 2.37. The van der Waals surface area contributed by atoms with Gasteiger partial charge in [-0.2, -0.15) is 0 Å². The van der Waals surface area contributed by atoms with Gasteiger partial charge in [0.25, 0.3) is 0 Å². The van der Waals surface area contributed by atoms with Gasteiger partial charge in [-0.15, -0.1) is 0 Å². The molecule has 0 aromatic heterocycles. The van der Waals surface area contributed by atoms with Crippen LogP contribution in [-0.4, -0.2) is 23.4 Å². The molecule has 0 aromatic rings. The maximum Gasteiger partial charge on any atom is 0.0888 e. The van der Waals surface area contributed by atoms with Crippen molar-refractivity contribution in [2.75, 3.05) is 6.61 Å². The smallest absolute Gasteiger partial charge is 0.0888 e. The summed E-state index contributed by atoms with van der Waals surface area (Å²) in [6.45, 7) is 9.08.